The van der Waals surface area contributed by atoms with Crippen molar-refractivity contribution in [3.63, 3.8) is 0 Å². The van der Waals surface area contributed by atoms with Crippen molar-refractivity contribution < 1.29 is 9.47 Å². The third-order valence-electron chi connectivity index (χ3n) is 2.83. The molecule has 3 aromatic rings. The number of aromatic nitrogens is 3. The largest absolute Gasteiger partial charge is 0.493 e. The van der Waals surface area contributed by atoms with E-state index in [1.807, 2.05) is 12.1 Å². The summed E-state index contributed by atoms with van der Waals surface area (Å²) in [4.78, 5) is 16.6. The molecule has 7 heteroatoms. The maximum atomic E-state index is 12.1. The Labute approximate surface area is 117 Å². The number of benzene rings is 1. The SMILES string of the molecule is COc1ccc(/C=c2\sc3ncnn3c2=O)cc1OC. The summed E-state index contributed by atoms with van der Waals surface area (Å²) in [6.45, 7) is 0. The van der Waals surface area contributed by atoms with E-state index in [-0.39, 0.29) is 5.56 Å². The van der Waals surface area contributed by atoms with Crippen LogP contribution < -0.4 is 19.6 Å². The average molecular weight is 289 g/mol. The smallest absolute Gasteiger partial charge is 0.291 e. The first-order chi connectivity index (χ1) is 9.72. The number of rotatable bonds is 3. The summed E-state index contributed by atoms with van der Waals surface area (Å²) < 4.78 is 12.3. The van der Waals surface area contributed by atoms with Gasteiger partial charge in [0.1, 0.15) is 6.33 Å². The average Bonchev–Trinajstić information content (AvgIpc) is 3.03. The van der Waals surface area contributed by atoms with Crippen LogP contribution in [0.3, 0.4) is 0 Å². The van der Waals surface area contributed by atoms with Crippen molar-refractivity contribution in [1.82, 2.24) is 14.6 Å². The minimum Gasteiger partial charge on any atom is -0.493 e. The molecular weight excluding hydrogens is 278 g/mol. The lowest BCUT2D eigenvalue weighted by Crippen LogP contribution is -2.23. The second kappa shape index (κ2) is 4.93. The Morgan fingerprint density at radius 3 is 2.75 bits per heavy atom. The zero-order valence-electron chi connectivity index (χ0n) is 10.9. The van der Waals surface area contributed by atoms with E-state index in [9.17, 15) is 4.79 Å². The molecule has 0 radical (unpaired) electrons. The van der Waals surface area contributed by atoms with E-state index in [4.69, 9.17) is 9.47 Å². The molecule has 2 heterocycles. The molecule has 1 aromatic carbocycles. The maximum Gasteiger partial charge on any atom is 0.291 e. The van der Waals surface area contributed by atoms with Crippen LogP contribution >= 0.6 is 11.3 Å². The van der Waals surface area contributed by atoms with Gasteiger partial charge in [-0.25, -0.2) is 4.98 Å². The Hall–Kier alpha value is -2.41. The Morgan fingerprint density at radius 1 is 1.25 bits per heavy atom. The Balaban J connectivity index is 2.14. The second-order valence-corrected chi connectivity index (χ2v) is 4.99. The van der Waals surface area contributed by atoms with Gasteiger partial charge in [0.15, 0.2) is 11.5 Å². The van der Waals surface area contributed by atoms with Gasteiger partial charge < -0.3 is 9.47 Å². The first-order valence-electron chi connectivity index (χ1n) is 5.79. The third kappa shape index (κ3) is 2.01. The molecule has 0 amide bonds. The summed E-state index contributed by atoms with van der Waals surface area (Å²) in [6, 6.07) is 5.47. The molecule has 0 unspecified atom stereocenters. The van der Waals surface area contributed by atoms with Gasteiger partial charge in [-0.15, -0.1) is 0 Å². The number of fused-ring (bicyclic) bond motifs is 1. The van der Waals surface area contributed by atoms with E-state index >= 15 is 0 Å². The molecule has 0 saturated carbocycles. The van der Waals surface area contributed by atoms with Gasteiger partial charge in [-0.05, 0) is 23.8 Å². The standard InChI is InChI=1S/C13H11N3O3S/c1-18-9-4-3-8(5-10(9)19-2)6-11-12(17)16-13(20-11)14-7-15-16/h3-7H,1-2H3/b11-6-. The van der Waals surface area contributed by atoms with Gasteiger partial charge in [0.25, 0.3) is 5.56 Å². The Kier molecular flexibility index (Phi) is 3.11. The normalized spacial score (nSPS) is 12.0. The molecule has 2 aromatic heterocycles. The van der Waals surface area contributed by atoms with Gasteiger partial charge >= 0.3 is 0 Å². The fourth-order valence-corrected chi connectivity index (χ4v) is 2.75. The highest BCUT2D eigenvalue weighted by Gasteiger charge is 2.07. The molecule has 20 heavy (non-hydrogen) atoms. The van der Waals surface area contributed by atoms with E-state index in [2.05, 4.69) is 10.1 Å². The number of thiazole rings is 1. The van der Waals surface area contributed by atoms with Crippen LogP contribution in [-0.2, 0) is 0 Å². The van der Waals surface area contributed by atoms with Crippen LogP contribution in [0.25, 0.3) is 11.0 Å². The molecule has 0 fully saturated rings. The Bertz CT molecular complexity index is 869. The highest BCUT2D eigenvalue weighted by Crippen LogP contribution is 2.27. The van der Waals surface area contributed by atoms with E-state index < -0.39 is 0 Å². The molecule has 102 valence electrons. The van der Waals surface area contributed by atoms with E-state index in [1.165, 1.54) is 22.2 Å². The summed E-state index contributed by atoms with van der Waals surface area (Å²) >= 11 is 1.30. The first kappa shape index (κ1) is 12.6. The van der Waals surface area contributed by atoms with Crippen molar-refractivity contribution in [2.24, 2.45) is 0 Å². The highest BCUT2D eigenvalue weighted by atomic mass is 32.1. The molecule has 3 rings (SSSR count). The van der Waals surface area contributed by atoms with E-state index in [0.717, 1.165) is 5.56 Å². The van der Waals surface area contributed by atoms with Crippen molar-refractivity contribution in [1.29, 1.82) is 0 Å². The van der Waals surface area contributed by atoms with Gasteiger partial charge in [-0.3, -0.25) is 4.79 Å². The van der Waals surface area contributed by atoms with Crippen molar-refractivity contribution in [2.45, 2.75) is 0 Å². The van der Waals surface area contributed by atoms with Crippen molar-refractivity contribution in [2.75, 3.05) is 14.2 Å². The quantitative estimate of drug-likeness (QED) is 0.710. The second-order valence-electron chi connectivity index (χ2n) is 3.98. The molecule has 6 nitrogen and oxygen atoms in total. The topological polar surface area (TPSA) is 65.7 Å². The fourth-order valence-electron chi connectivity index (χ4n) is 1.87. The summed E-state index contributed by atoms with van der Waals surface area (Å²) in [7, 11) is 3.15. The predicted molar refractivity (Wildman–Crippen MR) is 75.5 cm³/mol. The molecular formula is C13H11N3O3S. The van der Waals surface area contributed by atoms with Crippen LogP contribution in [-0.4, -0.2) is 28.8 Å². The molecule has 0 aliphatic rings. The molecule has 0 saturated heterocycles. The summed E-state index contributed by atoms with van der Waals surface area (Å²) in [6.07, 6.45) is 3.15. The van der Waals surface area contributed by atoms with Gasteiger partial charge in [-0.2, -0.15) is 9.61 Å². The van der Waals surface area contributed by atoms with E-state index in [1.54, 1.807) is 26.4 Å². The monoisotopic (exact) mass is 289 g/mol. The van der Waals surface area contributed by atoms with Gasteiger partial charge in [0.05, 0.1) is 18.8 Å². The maximum absolute atomic E-state index is 12.1. The number of methoxy groups -OCH3 is 2. The fraction of sp³-hybridized carbons (Fsp3) is 0.154. The molecule has 0 aliphatic carbocycles. The first-order valence-corrected chi connectivity index (χ1v) is 6.61. The predicted octanol–water partition coefficient (Wildman–Crippen LogP) is 0.716. The van der Waals surface area contributed by atoms with Crippen LogP contribution in [0, 0.1) is 0 Å². The van der Waals surface area contributed by atoms with Gasteiger partial charge in [0.2, 0.25) is 4.96 Å². The number of hydrogen-bond donors (Lipinski definition) is 0. The van der Waals surface area contributed by atoms with Gasteiger partial charge in [0, 0.05) is 0 Å². The highest BCUT2D eigenvalue weighted by molar-refractivity contribution is 7.15. The zero-order valence-corrected chi connectivity index (χ0v) is 11.7. The van der Waals surface area contributed by atoms with Crippen molar-refractivity contribution in [3.8, 4) is 11.5 Å². The molecule has 0 aliphatic heterocycles. The lowest BCUT2D eigenvalue weighted by atomic mass is 10.2. The van der Waals surface area contributed by atoms with Crippen LogP contribution in [0.4, 0.5) is 0 Å². The third-order valence-corrected chi connectivity index (χ3v) is 3.80. The van der Waals surface area contributed by atoms with Crippen molar-refractivity contribution in [3.05, 3.63) is 45.0 Å². The molecule has 0 spiro atoms. The van der Waals surface area contributed by atoms with Crippen LogP contribution in [0.15, 0.2) is 29.3 Å². The minimum atomic E-state index is -0.169. The lowest BCUT2D eigenvalue weighted by Gasteiger charge is -2.07. The minimum absolute atomic E-state index is 0.169. The molecule has 0 bridgehead atoms. The van der Waals surface area contributed by atoms with Crippen LogP contribution in [0.1, 0.15) is 5.56 Å². The van der Waals surface area contributed by atoms with Crippen molar-refractivity contribution >= 4 is 22.4 Å². The molecule has 0 N–H and O–H groups in total. The van der Waals surface area contributed by atoms with Gasteiger partial charge in [-0.1, -0.05) is 17.4 Å². The lowest BCUT2D eigenvalue weighted by molar-refractivity contribution is 0.355. The number of hydrogen-bond acceptors (Lipinski definition) is 6. The van der Waals surface area contributed by atoms with E-state index in [0.29, 0.717) is 21.0 Å². The summed E-state index contributed by atoms with van der Waals surface area (Å²) in [5, 5.41) is 3.88. The molecule has 0 atom stereocenters. The van der Waals surface area contributed by atoms with Crippen LogP contribution in [0.5, 0.6) is 11.5 Å². The number of ether oxygens (including phenoxy) is 2. The Morgan fingerprint density at radius 2 is 2.05 bits per heavy atom. The summed E-state index contributed by atoms with van der Waals surface area (Å²) in [5.74, 6) is 1.27. The summed E-state index contributed by atoms with van der Waals surface area (Å²) in [5.41, 5.74) is 0.682. The zero-order chi connectivity index (χ0) is 14.1. The number of nitrogens with zero attached hydrogens (tertiary/aromatic N) is 3. The van der Waals surface area contributed by atoms with Crippen LogP contribution in [0.2, 0.25) is 0 Å².